The number of carbonyl (C=O) groups excluding carboxylic acids is 1. The second-order valence-electron chi connectivity index (χ2n) is 4.62. The zero-order valence-corrected chi connectivity index (χ0v) is 11.5. The highest BCUT2D eigenvalue weighted by Crippen LogP contribution is 2.13. The van der Waals surface area contributed by atoms with Crippen LogP contribution in [0.25, 0.3) is 0 Å². The van der Waals surface area contributed by atoms with Crippen LogP contribution in [0.2, 0.25) is 0 Å². The van der Waals surface area contributed by atoms with Gasteiger partial charge in [-0.05, 0) is 43.2 Å². The number of anilines is 1. The minimum Gasteiger partial charge on any atom is -0.359 e. The third-order valence-corrected chi connectivity index (χ3v) is 3.14. The summed E-state index contributed by atoms with van der Waals surface area (Å²) < 4.78 is 13.4. The Morgan fingerprint density at radius 3 is 2.55 bits per heavy atom. The van der Waals surface area contributed by atoms with Gasteiger partial charge in [0.15, 0.2) is 5.78 Å². The monoisotopic (exact) mass is 269 g/mol. The molecular formula is C17H16FNO. The number of nitrogens with one attached hydrogen (secondary N) is 1. The molecule has 0 unspecified atom stereocenters. The first-order valence-corrected chi connectivity index (χ1v) is 6.37. The first-order valence-electron chi connectivity index (χ1n) is 6.37. The molecule has 0 aliphatic heterocycles. The second kappa shape index (κ2) is 6.15. The summed E-state index contributed by atoms with van der Waals surface area (Å²) in [4.78, 5) is 12.0. The minimum atomic E-state index is -0.351. The topological polar surface area (TPSA) is 29.1 Å². The number of hydrogen-bond acceptors (Lipinski definition) is 2. The van der Waals surface area contributed by atoms with Gasteiger partial charge in [0.2, 0.25) is 0 Å². The summed E-state index contributed by atoms with van der Waals surface area (Å²) in [6.45, 7) is 3.96. The predicted octanol–water partition coefficient (Wildman–Crippen LogP) is 4.25. The summed E-state index contributed by atoms with van der Waals surface area (Å²) in [6, 6.07) is 11.9. The van der Waals surface area contributed by atoms with E-state index >= 15 is 0 Å². The molecular weight excluding hydrogens is 253 g/mol. The molecule has 20 heavy (non-hydrogen) atoms. The molecule has 0 fully saturated rings. The molecule has 0 atom stereocenters. The van der Waals surface area contributed by atoms with Crippen molar-refractivity contribution < 1.29 is 9.18 Å². The second-order valence-corrected chi connectivity index (χ2v) is 4.62. The van der Waals surface area contributed by atoms with E-state index in [1.807, 2.05) is 26.0 Å². The fourth-order valence-corrected chi connectivity index (χ4v) is 1.78. The average molecular weight is 269 g/mol. The van der Waals surface area contributed by atoms with E-state index < -0.39 is 0 Å². The molecule has 0 radical (unpaired) electrons. The SMILES string of the molecule is Cc1ccc(C(=O)C=CNc2ccccc2F)cc1C. The van der Waals surface area contributed by atoms with Crippen molar-refractivity contribution in [2.75, 3.05) is 5.32 Å². The number of ketones is 1. The predicted molar refractivity (Wildman–Crippen MR) is 79.4 cm³/mol. The number of halogens is 1. The average Bonchev–Trinajstić information content (AvgIpc) is 2.44. The lowest BCUT2D eigenvalue weighted by Gasteiger charge is -2.03. The highest BCUT2D eigenvalue weighted by molar-refractivity contribution is 6.04. The van der Waals surface area contributed by atoms with Gasteiger partial charge in [0.05, 0.1) is 5.69 Å². The molecule has 0 aromatic heterocycles. The van der Waals surface area contributed by atoms with E-state index in [1.165, 1.54) is 18.3 Å². The van der Waals surface area contributed by atoms with Crippen molar-refractivity contribution in [1.82, 2.24) is 0 Å². The smallest absolute Gasteiger partial charge is 0.187 e. The van der Waals surface area contributed by atoms with Crippen molar-refractivity contribution >= 4 is 11.5 Å². The number of aryl methyl sites for hydroxylation is 2. The molecule has 0 aliphatic rings. The maximum atomic E-state index is 13.4. The maximum absolute atomic E-state index is 13.4. The Balaban J connectivity index is 2.06. The van der Waals surface area contributed by atoms with Crippen LogP contribution in [0.4, 0.5) is 10.1 Å². The standard InChI is InChI=1S/C17H16FNO/c1-12-7-8-14(11-13(12)2)17(20)9-10-19-16-6-4-3-5-15(16)18/h3-11,19H,1-2H3. The molecule has 0 saturated carbocycles. The van der Waals surface area contributed by atoms with Gasteiger partial charge in [0, 0.05) is 17.8 Å². The van der Waals surface area contributed by atoms with E-state index in [1.54, 1.807) is 24.3 Å². The summed E-state index contributed by atoms with van der Waals surface area (Å²) in [6.07, 6.45) is 2.85. The van der Waals surface area contributed by atoms with Gasteiger partial charge >= 0.3 is 0 Å². The highest BCUT2D eigenvalue weighted by Gasteiger charge is 2.03. The largest absolute Gasteiger partial charge is 0.359 e. The van der Waals surface area contributed by atoms with Crippen LogP contribution in [0.5, 0.6) is 0 Å². The summed E-state index contributed by atoms with van der Waals surface area (Å²) >= 11 is 0. The molecule has 2 aromatic rings. The molecule has 102 valence electrons. The van der Waals surface area contributed by atoms with Crippen LogP contribution in [-0.2, 0) is 0 Å². The van der Waals surface area contributed by atoms with Gasteiger partial charge in [0.1, 0.15) is 5.82 Å². The van der Waals surface area contributed by atoms with Gasteiger partial charge in [-0.1, -0.05) is 24.3 Å². The molecule has 0 spiro atoms. The first kappa shape index (κ1) is 14.0. The molecule has 0 amide bonds. The minimum absolute atomic E-state index is 0.114. The van der Waals surface area contributed by atoms with E-state index in [0.29, 0.717) is 11.3 Å². The van der Waals surface area contributed by atoms with Gasteiger partial charge in [-0.15, -0.1) is 0 Å². The Kier molecular flexibility index (Phi) is 4.31. The van der Waals surface area contributed by atoms with E-state index in [4.69, 9.17) is 0 Å². The Labute approximate surface area is 118 Å². The molecule has 3 heteroatoms. The maximum Gasteiger partial charge on any atom is 0.187 e. The van der Waals surface area contributed by atoms with E-state index in [0.717, 1.165) is 11.1 Å². The summed E-state index contributed by atoms with van der Waals surface area (Å²) in [7, 11) is 0. The number of hydrogen-bond donors (Lipinski definition) is 1. The van der Waals surface area contributed by atoms with Gasteiger partial charge in [-0.25, -0.2) is 4.39 Å². The van der Waals surface area contributed by atoms with Crippen LogP contribution in [-0.4, -0.2) is 5.78 Å². The summed E-state index contributed by atoms with van der Waals surface area (Å²) in [5, 5.41) is 2.76. The lowest BCUT2D eigenvalue weighted by atomic mass is 10.0. The molecule has 0 bridgehead atoms. The zero-order valence-electron chi connectivity index (χ0n) is 11.5. The van der Waals surface area contributed by atoms with Crippen molar-refractivity contribution in [3.63, 3.8) is 0 Å². The van der Waals surface area contributed by atoms with Gasteiger partial charge in [-0.3, -0.25) is 4.79 Å². The van der Waals surface area contributed by atoms with Crippen LogP contribution in [0, 0.1) is 19.7 Å². The molecule has 2 rings (SSSR count). The lowest BCUT2D eigenvalue weighted by Crippen LogP contribution is -1.98. The summed E-state index contributed by atoms with van der Waals surface area (Å²) in [5.74, 6) is -0.465. The van der Waals surface area contributed by atoms with Gasteiger partial charge in [0.25, 0.3) is 0 Å². The van der Waals surface area contributed by atoms with Gasteiger partial charge < -0.3 is 5.32 Å². The lowest BCUT2D eigenvalue weighted by molar-refractivity contribution is 0.104. The van der Waals surface area contributed by atoms with E-state index in [9.17, 15) is 9.18 Å². The number of benzene rings is 2. The molecule has 1 N–H and O–H groups in total. The van der Waals surface area contributed by atoms with Crippen LogP contribution in [0.1, 0.15) is 21.5 Å². The Hall–Kier alpha value is -2.42. The third-order valence-electron chi connectivity index (χ3n) is 3.14. The Morgan fingerprint density at radius 2 is 1.85 bits per heavy atom. The highest BCUT2D eigenvalue weighted by atomic mass is 19.1. The number of para-hydroxylation sites is 1. The molecule has 0 saturated heterocycles. The number of allylic oxidation sites excluding steroid dienone is 1. The molecule has 2 aromatic carbocycles. The van der Waals surface area contributed by atoms with Crippen LogP contribution in [0.3, 0.4) is 0 Å². The quantitative estimate of drug-likeness (QED) is 0.664. The summed E-state index contributed by atoms with van der Waals surface area (Å²) in [5.41, 5.74) is 3.19. The van der Waals surface area contributed by atoms with Crippen molar-refractivity contribution in [3.05, 3.63) is 77.2 Å². The molecule has 0 aliphatic carbocycles. The zero-order chi connectivity index (χ0) is 14.5. The van der Waals surface area contributed by atoms with Crippen LogP contribution >= 0.6 is 0 Å². The van der Waals surface area contributed by atoms with E-state index in [2.05, 4.69) is 5.32 Å². The molecule has 2 nitrogen and oxygen atoms in total. The number of rotatable bonds is 4. The Morgan fingerprint density at radius 1 is 1.10 bits per heavy atom. The van der Waals surface area contributed by atoms with Crippen molar-refractivity contribution in [2.45, 2.75) is 13.8 Å². The van der Waals surface area contributed by atoms with Gasteiger partial charge in [-0.2, -0.15) is 0 Å². The van der Waals surface area contributed by atoms with E-state index in [-0.39, 0.29) is 11.6 Å². The normalized spacial score (nSPS) is 10.8. The van der Waals surface area contributed by atoms with Crippen molar-refractivity contribution in [3.8, 4) is 0 Å². The first-order chi connectivity index (χ1) is 9.58. The number of carbonyl (C=O) groups is 1. The third kappa shape index (κ3) is 3.32. The Bertz CT molecular complexity index is 662. The fraction of sp³-hybridized carbons (Fsp3) is 0.118. The fourth-order valence-electron chi connectivity index (χ4n) is 1.78. The van der Waals surface area contributed by atoms with Crippen LogP contribution < -0.4 is 5.32 Å². The van der Waals surface area contributed by atoms with Crippen molar-refractivity contribution in [2.24, 2.45) is 0 Å². The van der Waals surface area contributed by atoms with Crippen LogP contribution in [0.15, 0.2) is 54.7 Å². The van der Waals surface area contributed by atoms with Crippen molar-refractivity contribution in [1.29, 1.82) is 0 Å². The molecule has 0 heterocycles.